The first-order valence-electron chi connectivity index (χ1n) is 11.5. The van der Waals surface area contributed by atoms with Crippen molar-refractivity contribution < 1.29 is 0 Å². The van der Waals surface area contributed by atoms with Gasteiger partial charge in [-0.05, 0) is 6.42 Å². The molecule has 24 heavy (non-hydrogen) atoms. The molecule has 0 spiro atoms. The molecule has 0 aromatic heterocycles. The molecule has 0 fully saturated rings. The van der Waals surface area contributed by atoms with Gasteiger partial charge in [0, 0.05) is 5.88 Å². The monoisotopic (exact) mass is 358 g/mol. The van der Waals surface area contributed by atoms with Crippen molar-refractivity contribution in [1.82, 2.24) is 0 Å². The third-order valence-corrected chi connectivity index (χ3v) is 5.50. The average molecular weight is 359 g/mol. The van der Waals surface area contributed by atoms with Crippen molar-refractivity contribution in [2.45, 2.75) is 142 Å². The van der Waals surface area contributed by atoms with Crippen LogP contribution in [0.15, 0.2) is 0 Å². The third-order valence-electron chi connectivity index (χ3n) is 5.24. The van der Waals surface area contributed by atoms with Crippen LogP contribution in [0.3, 0.4) is 0 Å². The van der Waals surface area contributed by atoms with Crippen LogP contribution in [-0.4, -0.2) is 5.88 Å². The molecule has 0 amide bonds. The van der Waals surface area contributed by atoms with Gasteiger partial charge in [-0.15, -0.1) is 11.6 Å². The largest absolute Gasteiger partial charge is 0.127 e. The zero-order chi connectivity index (χ0) is 17.6. The summed E-state index contributed by atoms with van der Waals surface area (Å²) in [5, 5.41) is 0. The molecule has 0 aromatic rings. The quantitative estimate of drug-likeness (QED) is 0.141. The maximum atomic E-state index is 5.69. The Morgan fingerprint density at radius 3 is 0.750 bits per heavy atom. The fourth-order valence-electron chi connectivity index (χ4n) is 3.53. The van der Waals surface area contributed by atoms with E-state index in [9.17, 15) is 0 Å². The van der Waals surface area contributed by atoms with Gasteiger partial charge in [0.05, 0.1) is 0 Å². The van der Waals surface area contributed by atoms with Gasteiger partial charge in [-0.2, -0.15) is 0 Å². The van der Waals surface area contributed by atoms with Crippen molar-refractivity contribution in [3.63, 3.8) is 0 Å². The maximum absolute atomic E-state index is 5.69. The smallest absolute Gasteiger partial charge is 0.0223 e. The Kier molecular flexibility index (Phi) is 23.6. The van der Waals surface area contributed by atoms with Crippen LogP contribution in [0.1, 0.15) is 142 Å². The third kappa shape index (κ3) is 22.3. The van der Waals surface area contributed by atoms with Crippen molar-refractivity contribution >= 4 is 11.6 Å². The van der Waals surface area contributed by atoms with Gasteiger partial charge in [0.25, 0.3) is 0 Å². The summed E-state index contributed by atoms with van der Waals surface area (Å²) in [6, 6.07) is 0. The summed E-state index contributed by atoms with van der Waals surface area (Å²) < 4.78 is 0. The van der Waals surface area contributed by atoms with E-state index < -0.39 is 0 Å². The van der Waals surface area contributed by atoms with E-state index in [0.717, 1.165) is 5.88 Å². The number of hydrogen-bond acceptors (Lipinski definition) is 0. The molecule has 0 aliphatic rings. The summed E-state index contributed by atoms with van der Waals surface area (Å²) in [7, 11) is 0. The standard InChI is InChI=1S/C23H47Cl/c1-2-3-4-5-6-7-8-9-10-11-12-13-14-15-16-17-18-19-20-21-22-23-24/h2-23H2,1H3. The molecule has 0 radical (unpaired) electrons. The molecule has 0 aliphatic carbocycles. The molecule has 0 N–H and O–H groups in total. The average Bonchev–Trinajstić information content (AvgIpc) is 2.60. The van der Waals surface area contributed by atoms with E-state index in [0.29, 0.717) is 0 Å². The van der Waals surface area contributed by atoms with Gasteiger partial charge in [0.1, 0.15) is 0 Å². The zero-order valence-electron chi connectivity index (χ0n) is 16.9. The SMILES string of the molecule is CCCCCCCCCCCCCCCCCCCCCCCCl. The second kappa shape index (κ2) is 23.3. The Morgan fingerprint density at radius 2 is 0.542 bits per heavy atom. The van der Waals surface area contributed by atoms with Crippen LogP contribution in [0.5, 0.6) is 0 Å². The lowest BCUT2D eigenvalue weighted by atomic mass is 10.0. The van der Waals surface area contributed by atoms with E-state index in [1.807, 2.05) is 0 Å². The van der Waals surface area contributed by atoms with E-state index in [1.54, 1.807) is 0 Å². The minimum Gasteiger partial charge on any atom is -0.127 e. The highest BCUT2D eigenvalue weighted by atomic mass is 35.5. The molecular formula is C23H47Cl. The lowest BCUT2D eigenvalue weighted by Crippen LogP contribution is -1.84. The first kappa shape index (κ1) is 24.3. The van der Waals surface area contributed by atoms with Gasteiger partial charge in [0.15, 0.2) is 0 Å². The van der Waals surface area contributed by atoms with Gasteiger partial charge in [-0.25, -0.2) is 0 Å². The van der Waals surface area contributed by atoms with Crippen molar-refractivity contribution in [3.05, 3.63) is 0 Å². The van der Waals surface area contributed by atoms with E-state index in [4.69, 9.17) is 11.6 Å². The topological polar surface area (TPSA) is 0 Å². The first-order chi connectivity index (χ1) is 11.9. The molecule has 0 aliphatic heterocycles. The maximum Gasteiger partial charge on any atom is 0.0223 e. The summed E-state index contributed by atoms with van der Waals surface area (Å²) in [5.41, 5.74) is 0. The summed E-state index contributed by atoms with van der Waals surface area (Å²) in [6.07, 6.45) is 30.3. The molecule has 0 atom stereocenters. The van der Waals surface area contributed by atoms with E-state index in [2.05, 4.69) is 6.92 Å². The highest BCUT2D eigenvalue weighted by Crippen LogP contribution is 2.15. The van der Waals surface area contributed by atoms with Crippen LogP contribution >= 0.6 is 11.6 Å². The molecule has 0 heterocycles. The van der Waals surface area contributed by atoms with Gasteiger partial charge < -0.3 is 0 Å². The predicted molar refractivity (Wildman–Crippen MR) is 113 cm³/mol. The Labute approximate surface area is 159 Å². The molecule has 0 nitrogen and oxygen atoms in total. The second-order valence-corrected chi connectivity index (χ2v) is 8.14. The summed E-state index contributed by atoms with van der Waals surface area (Å²) >= 11 is 5.69. The second-order valence-electron chi connectivity index (χ2n) is 7.76. The summed E-state index contributed by atoms with van der Waals surface area (Å²) in [6.45, 7) is 2.30. The van der Waals surface area contributed by atoms with Crippen LogP contribution in [0, 0.1) is 0 Å². The van der Waals surface area contributed by atoms with Gasteiger partial charge >= 0.3 is 0 Å². The number of halogens is 1. The number of unbranched alkanes of at least 4 members (excludes halogenated alkanes) is 20. The molecule has 0 aromatic carbocycles. The molecule has 0 rings (SSSR count). The molecule has 1 heteroatoms. The van der Waals surface area contributed by atoms with Crippen molar-refractivity contribution in [3.8, 4) is 0 Å². The van der Waals surface area contributed by atoms with E-state index in [1.165, 1.54) is 135 Å². The van der Waals surface area contributed by atoms with Gasteiger partial charge in [-0.3, -0.25) is 0 Å². The fourth-order valence-corrected chi connectivity index (χ4v) is 3.72. The minimum atomic E-state index is 0.846. The lowest BCUT2D eigenvalue weighted by molar-refractivity contribution is 0.521. The van der Waals surface area contributed by atoms with Crippen LogP contribution < -0.4 is 0 Å². The van der Waals surface area contributed by atoms with E-state index >= 15 is 0 Å². The van der Waals surface area contributed by atoms with Crippen molar-refractivity contribution in [1.29, 1.82) is 0 Å². The van der Waals surface area contributed by atoms with Crippen molar-refractivity contribution in [2.75, 3.05) is 5.88 Å². The highest BCUT2D eigenvalue weighted by Gasteiger charge is 1.95. The Hall–Kier alpha value is 0.290. The van der Waals surface area contributed by atoms with Crippen LogP contribution in [0.25, 0.3) is 0 Å². The van der Waals surface area contributed by atoms with Crippen LogP contribution in [0.2, 0.25) is 0 Å². The number of alkyl halides is 1. The van der Waals surface area contributed by atoms with E-state index in [-0.39, 0.29) is 0 Å². The molecule has 0 saturated heterocycles. The summed E-state index contributed by atoms with van der Waals surface area (Å²) in [4.78, 5) is 0. The molecule has 0 unspecified atom stereocenters. The van der Waals surface area contributed by atoms with Crippen LogP contribution in [-0.2, 0) is 0 Å². The summed E-state index contributed by atoms with van der Waals surface area (Å²) in [5.74, 6) is 0.846. The normalized spacial score (nSPS) is 11.2. The number of rotatable bonds is 21. The minimum absolute atomic E-state index is 0.846. The van der Waals surface area contributed by atoms with Gasteiger partial charge in [0.2, 0.25) is 0 Å². The Morgan fingerprint density at radius 1 is 0.333 bits per heavy atom. The Balaban J connectivity index is 2.93. The lowest BCUT2D eigenvalue weighted by Gasteiger charge is -2.04. The predicted octanol–water partition coefficient (Wildman–Crippen LogP) is 9.44. The molecule has 146 valence electrons. The first-order valence-corrected chi connectivity index (χ1v) is 12.0. The van der Waals surface area contributed by atoms with Crippen molar-refractivity contribution in [2.24, 2.45) is 0 Å². The molecule has 0 bridgehead atoms. The van der Waals surface area contributed by atoms with Crippen LogP contribution in [0.4, 0.5) is 0 Å². The molecule has 0 saturated carbocycles. The zero-order valence-corrected chi connectivity index (χ0v) is 17.7. The Bertz CT molecular complexity index is 180. The fraction of sp³-hybridized carbons (Fsp3) is 1.00. The highest BCUT2D eigenvalue weighted by molar-refractivity contribution is 6.17. The van der Waals surface area contributed by atoms with Gasteiger partial charge in [-0.1, -0.05) is 135 Å². The number of hydrogen-bond donors (Lipinski definition) is 0. The molecular weight excluding hydrogens is 312 g/mol.